The van der Waals surface area contributed by atoms with Crippen LogP contribution in [0.25, 0.3) is 0 Å². The van der Waals surface area contributed by atoms with Crippen LogP contribution in [0.5, 0.6) is 5.75 Å². The lowest BCUT2D eigenvalue weighted by Gasteiger charge is -2.39. The summed E-state index contributed by atoms with van der Waals surface area (Å²) in [7, 11) is 1.34. The van der Waals surface area contributed by atoms with Gasteiger partial charge in [-0.3, -0.25) is 20.0 Å². The number of aliphatic imine (C=N–C) groups is 1. The normalized spacial score (nSPS) is 19.1. The summed E-state index contributed by atoms with van der Waals surface area (Å²) in [6.45, 7) is 3.96. The number of morpholine rings is 1. The SMILES string of the molecule is COC(=O)C1(NCN=Cc2ccc(OCCN3CCOCC3)c(F)c2F)CCC1. The topological polar surface area (TPSA) is 72.4 Å². The van der Waals surface area contributed by atoms with Gasteiger partial charge >= 0.3 is 5.97 Å². The van der Waals surface area contributed by atoms with Gasteiger partial charge in [0.1, 0.15) is 12.1 Å². The second kappa shape index (κ2) is 10.1. The fourth-order valence-corrected chi connectivity index (χ4v) is 3.39. The third-order valence-electron chi connectivity index (χ3n) is 5.37. The van der Waals surface area contributed by atoms with Crippen molar-refractivity contribution in [3.05, 3.63) is 29.3 Å². The lowest BCUT2D eigenvalue weighted by molar-refractivity contribution is -0.152. The monoisotopic (exact) mass is 411 g/mol. The highest BCUT2D eigenvalue weighted by atomic mass is 19.2. The maximum atomic E-state index is 14.3. The van der Waals surface area contributed by atoms with Gasteiger partial charge in [0.25, 0.3) is 0 Å². The van der Waals surface area contributed by atoms with E-state index in [2.05, 4.69) is 15.2 Å². The molecule has 0 spiro atoms. The highest BCUT2D eigenvalue weighted by Crippen LogP contribution is 2.32. The largest absolute Gasteiger partial charge is 0.489 e. The predicted octanol–water partition coefficient (Wildman–Crippen LogP) is 1.74. The fourth-order valence-electron chi connectivity index (χ4n) is 3.39. The van der Waals surface area contributed by atoms with Crippen LogP contribution in [0.2, 0.25) is 0 Å². The average molecular weight is 411 g/mol. The highest BCUT2D eigenvalue weighted by molar-refractivity contribution is 5.82. The third kappa shape index (κ3) is 5.29. The lowest BCUT2D eigenvalue weighted by Crippen LogP contribution is -2.57. The van der Waals surface area contributed by atoms with E-state index in [1.807, 2.05) is 0 Å². The van der Waals surface area contributed by atoms with Crippen LogP contribution in [-0.4, -0.2) is 75.9 Å². The zero-order chi connectivity index (χ0) is 20.7. The van der Waals surface area contributed by atoms with Crippen LogP contribution in [-0.2, 0) is 14.3 Å². The first kappa shape index (κ1) is 21.6. The fraction of sp³-hybridized carbons (Fsp3) is 0.600. The zero-order valence-electron chi connectivity index (χ0n) is 16.6. The molecule has 0 unspecified atom stereocenters. The van der Waals surface area contributed by atoms with E-state index in [0.29, 0.717) is 32.6 Å². The van der Waals surface area contributed by atoms with Crippen LogP contribution in [0.15, 0.2) is 17.1 Å². The Labute approximate surface area is 169 Å². The molecule has 1 aromatic carbocycles. The van der Waals surface area contributed by atoms with E-state index in [9.17, 15) is 13.6 Å². The summed E-state index contributed by atoms with van der Waals surface area (Å²) in [6, 6.07) is 2.82. The second-order valence-corrected chi connectivity index (χ2v) is 7.16. The van der Waals surface area contributed by atoms with Crippen molar-refractivity contribution in [2.45, 2.75) is 24.8 Å². The van der Waals surface area contributed by atoms with Gasteiger partial charge in [0.2, 0.25) is 5.82 Å². The first-order valence-corrected chi connectivity index (χ1v) is 9.80. The van der Waals surface area contributed by atoms with Crippen LogP contribution in [0.1, 0.15) is 24.8 Å². The molecule has 0 radical (unpaired) electrons. The molecular formula is C20H27F2N3O4. The van der Waals surface area contributed by atoms with Crippen molar-refractivity contribution in [1.82, 2.24) is 10.2 Å². The summed E-state index contributed by atoms with van der Waals surface area (Å²) in [4.78, 5) is 18.1. The Balaban J connectivity index is 1.50. The molecule has 1 heterocycles. The minimum absolute atomic E-state index is 0.0190. The number of ether oxygens (including phenoxy) is 3. The molecule has 160 valence electrons. The second-order valence-electron chi connectivity index (χ2n) is 7.16. The standard InChI is InChI=1S/C20H27F2N3O4/c1-27-19(26)20(5-2-6-20)24-14-23-13-15-3-4-16(18(22)17(15)21)29-12-9-25-7-10-28-11-8-25/h3-4,13,24H,2,5-12,14H2,1H3. The summed E-state index contributed by atoms with van der Waals surface area (Å²) < 4.78 is 44.0. The van der Waals surface area contributed by atoms with Crippen molar-refractivity contribution in [3.63, 3.8) is 0 Å². The van der Waals surface area contributed by atoms with E-state index in [1.165, 1.54) is 25.5 Å². The summed E-state index contributed by atoms with van der Waals surface area (Å²) in [5, 5.41) is 3.03. The van der Waals surface area contributed by atoms with Gasteiger partial charge in [-0.1, -0.05) is 0 Å². The number of nitrogens with zero attached hydrogens (tertiary/aromatic N) is 2. The molecule has 0 bridgehead atoms. The van der Waals surface area contributed by atoms with Gasteiger partial charge in [-0.2, -0.15) is 4.39 Å². The van der Waals surface area contributed by atoms with Gasteiger partial charge in [-0.15, -0.1) is 0 Å². The molecule has 1 aliphatic carbocycles. The highest BCUT2D eigenvalue weighted by Gasteiger charge is 2.44. The van der Waals surface area contributed by atoms with Crippen molar-refractivity contribution in [2.24, 2.45) is 4.99 Å². The number of nitrogens with one attached hydrogen (secondary N) is 1. The molecule has 1 aliphatic heterocycles. The number of carbonyl (C=O) groups excluding carboxylic acids is 1. The van der Waals surface area contributed by atoms with Crippen LogP contribution in [0.3, 0.4) is 0 Å². The Morgan fingerprint density at radius 1 is 1.31 bits per heavy atom. The van der Waals surface area contributed by atoms with Gasteiger partial charge in [-0.05, 0) is 31.4 Å². The molecule has 2 fully saturated rings. The van der Waals surface area contributed by atoms with Crippen molar-refractivity contribution in [1.29, 1.82) is 0 Å². The molecule has 0 aromatic heterocycles. The number of hydrogen-bond acceptors (Lipinski definition) is 7. The molecule has 9 heteroatoms. The number of benzene rings is 1. The summed E-state index contributed by atoms with van der Waals surface area (Å²) >= 11 is 0. The van der Waals surface area contributed by atoms with E-state index >= 15 is 0 Å². The first-order valence-electron chi connectivity index (χ1n) is 9.80. The molecule has 7 nitrogen and oxygen atoms in total. The third-order valence-corrected chi connectivity index (χ3v) is 5.37. The molecule has 1 aromatic rings. The number of halogens is 2. The Morgan fingerprint density at radius 3 is 2.72 bits per heavy atom. The summed E-state index contributed by atoms with van der Waals surface area (Å²) in [6.07, 6.45) is 3.52. The molecular weight excluding hydrogens is 384 g/mol. The van der Waals surface area contributed by atoms with Gasteiger partial charge in [0.15, 0.2) is 11.6 Å². The van der Waals surface area contributed by atoms with Gasteiger partial charge in [0, 0.05) is 31.4 Å². The molecule has 0 atom stereocenters. The number of carbonyl (C=O) groups is 1. The van der Waals surface area contributed by atoms with Crippen LogP contribution >= 0.6 is 0 Å². The van der Waals surface area contributed by atoms with Gasteiger partial charge < -0.3 is 14.2 Å². The van der Waals surface area contributed by atoms with E-state index in [-0.39, 0.29) is 30.6 Å². The van der Waals surface area contributed by atoms with E-state index in [4.69, 9.17) is 14.2 Å². The smallest absolute Gasteiger partial charge is 0.326 e. The lowest BCUT2D eigenvalue weighted by atomic mass is 9.77. The first-order chi connectivity index (χ1) is 14.1. The minimum atomic E-state index is -1.03. The number of rotatable bonds is 9. The van der Waals surface area contributed by atoms with Crippen LogP contribution in [0, 0.1) is 11.6 Å². The molecule has 1 saturated carbocycles. The quantitative estimate of drug-likeness (QED) is 0.493. The van der Waals surface area contributed by atoms with Crippen molar-refractivity contribution in [2.75, 3.05) is 53.2 Å². The summed E-state index contributed by atoms with van der Waals surface area (Å²) in [5.74, 6) is -2.49. The maximum Gasteiger partial charge on any atom is 0.326 e. The molecule has 0 amide bonds. The van der Waals surface area contributed by atoms with Crippen LogP contribution in [0.4, 0.5) is 8.78 Å². The molecule has 29 heavy (non-hydrogen) atoms. The Bertz CT molecular complexity index is 735. The Morgan fingerprint density at radius 2 is 2.07 bits per heavy atom. The molecule has 1 N–H and O–H groups in total. The summed E-state index contributed by atoms with van der Waals surface area (Å²) in [5.41, 5.74) is -0.695. The minimum Gasteiger partial charge on any atom is -0.489 e. The zero-order valence-corrected chi connectivity index (χ0v) is 16.6. The van der Waals surface area contributed by atoms with Gasteiger partial charge in [-0.25, -0.2) is 4.39 Å². The molecule has 3 rings (SSSR count). The van der Waals surface area contributed by atoms with Crippen molar-refractivity contribution in [3.8, 4) is 5.75 Å². The number of esters is 1. The van der Waals surface area contributed by atoms with Crippen LogP contribution < -0.4 is 10.1 Å². The molecule has 2 aliphatic rings. The predicted molar refractivity (Wildman–Crippen MR) is 103 cm³/mol. The van der Waals surface area contributed by atoms with Crippen molar-refractivity contribution >= 4 is 12.2 Å². The Hall–Kier alpha value is -2.10. The Kier molecular flexibility index (Phi) is 7.51. The maximum absolute atomic E-state index is 14.3. The average Bonchev–Trinajstić information content (AvgIpc) is 2.71. The number of methoxy groups -OCH3 is 1. The van der Waals surface area contributed by atoms with E-state index in [0.717, 1.165) is 19.5 Å². The van der Waals surface area contributed by atoms with Gasteiger partial charge in [0.05, 0.1) is 27.0 Å². The van der Waals surface area contributed by atoms with Crippen molar-refractivity contribution < 1.29 is 27.8 Å². The molecule has 1 saturated heterocycles. The van der Waals surface area contributed by atoms with E-state index in [1.54, 1.807) is 0 Å². The van der Waals surface area contributed by atoms with E-state index < -0.39 is 17.2 Å². The number of hydrogen-bond donors (Lipinski definition) is 1.